The summed E-state index contributed by atoms with van der Waals surface area (Å²) in [5, 5.41) is 20.7. The monoisotopic (exact) mass is 365 g/mol. The number of carbonyl (C=O) groups is 2. The molecule has 1 unspecified atom stereocenters. The second kappa shape index (κ2) is 8.59. The highest BCUT2D eigenvalue weighted by atomic mass is 32.1. The Kier molecular flexibility index (Phi) is 6.49. The van der Waals surface area contributed by atoms with Gasteiger partial charge in [-0.05, 0) is 32.0 Å². The summed E-state index contributed by atoms with van der Waals surface area (Å²) in [6.45, 7) is 4.74. The molecule has 1 aromatic carbocycles. The first-order valence-electron chi connectivity index (χ1n) is 7.74. The van der Waals surface area contributed by atoms with E-state index in [9.17, 15) is 14.7 Å². The van der Waals surface area contributed by atoms with E-state index in [0.29, 0.717) is 29.7 Å². The lowest BCUT2D eigenvalue weighted by Crippen LogP contribution is -2.16. The molecule has 2 rings (SSSR count). The number of hydrogen-bond acceptors (Lipinski definition) is 7. The lowest BCUT2D eigenvalue weighted by Gasteiger charge is -2.11. The average Bonchev–Trinajstić information content (AvgIpc) is 3.05. The number of ether oxygens (including phenoxy) is 2. The van der Waals surface area contributed by atoms with Gasteiger partial charge in [-0.2, -0.15) is 0 Å². The Labute approximate surface area is 148 Å². The number of aliphatic carboxylic acids is 1. The van der Waals surface area contributed by atoms with Gasteiger partial charge in [-0.25, -0.2) is 4.98 Å². The number of carbonyl (C=O) groups excluding carboxylic acids is 1. The number of Topliss-reactive ketones (excluding diaryl/α,β-unsaturated/α-hetero) is 1. The molecule has 0 fully saturated rings. The zero-order valence-electron chi connectivity index (χ0n) is 13.9. The van der Waals surface area contributed by atoms with Crippen molar-refractivity contribution in [3.63, 3.8) is 0 Å². The van der Waals surface area contributed by atoms with Crippen molar-refractivity contribution in [1.82, 2.24) is 4.98 Å². The third-order valence-electron chi connectivity index (χ3n) is 3.22. The maximum absolute atomic E-state index is 11.7. The summed E-state index contributed by atoms with van der Waals surface area (Å²) in [4.78, 5) is 26.5. The second-order valence-electron chi connectivity index (χ2n) is 5.04. The number of aliphatic hydroxyl groups is 1. The summed E-state index contributed by atoms with van der Waals surface area (Å²) < 4.78 is 11.1. The molecule has 1 atom stereocenters. The first-order chi connectivity index (χ1) is 12.0. The summed E-state index contributed by atoms with van der Waals surface area (Å²) >= 11 is 1.25. The Morgan fingerprint density at radius 3 is 2.52 bits per heavy atom. The Bertz CT molecular complexity index is 757. The molecule has 0 aliphatic rings. The van der Waals surface area contributed by atoms with Crippen LogP contribution < -0.4 is 9.47 Å². The molecule has 0 aliphatic heterocycles. The Morgan fingerprint density at radius 1 is 1.20 bits per heavy atom. The first-order valence-corrected chi connectivity index (χ1v) is 8.62. The molecule has 0 radical (unpaired) electrons. The fourth-order valence-corrected chi connectivity index (χ4v) is 2.97. The fourth-order valence-electron chi connectivity index (χ4n) is 2.14. The van der Waals surface area contributed by atoms with Gasteiger partial charge in [0.15, 0.2) is 23.4 Å². The molecule has 134 valence electrons. The first kappa shape index (κ1) is 18.9. The molecule has 7 nitrogen and oxygen atoms in total. The van der Waals surface area contributed by atoms with Gasteiger partial charge in [0.05, 0.1) is 18.9 Å². The maximum Gasteiger partial charge on any atom is 0.310 e. The van der Waals surface area contributed by atoms with E-state index in [1.165, 1.54) is 16.7 Å². The smallest absolute Gasteiger partial charge is 0.310 e. The zero-order valence-corrected chi connectivity index (χ0v) is 14.7. The predicted molar refractivity (Wildman–Crippen MR) is 92.1 cm³/mol. The Balaban J connectivity index is 2.25. The van der Waals surface area contributed by atoms with Crippen molar-refractivity contribution in [3.8, 4) is 22.1 Å². The standard InChI is InChI=1S/C17H19NO6S/c1-3-23-13-6-5-10(7-14(13)24-4-2)17-18-11(9-25-17)16(22)12(19)8-15(20)21/h5-7,9,16,22H,3-4,8H2,1-2H3,(H,20,21). The third-order valence-corrected chi connectivity index (χ3v) is 4.13. The highest BCUT2D eigenvalue weighted by Crippen LogP contribution is 2.34. The van der Waals surface area contributed by atoms with Crippen molar-refractivity contribution >= 4 is 23.1 Å². The predicted octanol–water partition coefficient (Wildman–Crippen LogP) is 2.68. The van der Waals surface area contributed by atoms with Crippen LogP contribution in [0.2, 0.25) is 0 Å². The van der Waals surface area contributed by atoms with Crippen molar-refractivity contribution in [2.75, 3.05) is 13.2 Å². The molecule has 0 bridgehead atoms. The molecule has 0 aliphatic carbocycles. The topological polar surface area (TPSA) is 106 Å². The number of rotatable bonds is 9. The number of thiazole rings is 1. The quantitative estimate of drug-likeness (QED) is 0.658. The molecule has 2 N–H and O–H groups in total. The van der Waals surface area contributed by atoms with E-state index in [0.717, 1.165) is 5.56 Å². The van der Waals surface area contributed by atoms with Crippen LogP contribution in [0, 0.1) is 0 Å². The van der Waals surface area contributed by atoms with E-state index in [-0.39, 0.29) is 5.69 Å². The van der Waals surface area contributed by atoms with Crippen molar-refractivity contribution in [2.45, 2.75) is 26.4 Å². The Morgan fingerprint density at radius 2 is 1.88 bits per heavy atom. The Hall–Kier alpha value is -2.45. The average molecular weight is 365 g/mol. The number of carboxylic acid groups (broad SMARTS) is 1. The minimum absolute atomic E-state index is 0.137. The third kappa shape index (κ3) is 4.77. The van der Waals surface area contributed by atoms with Crippen LogP contribution in [0.4, 0.5) is 0 Å². The van der Waals surface area contributed by atoms with Crippen LogP contribution in [0.25, 0.3) is 10.6 Å². The van der Waals surface area contributed by atoms with Gasteiger partial charge in [-0.3, -0.25) is 9.59 Å². The summed E-state index contributed by atoms with van der Waals surface area (Å²) in [5.41, 5.74) is 0.888. The number of aliphatic hydroxyl groups excluding tert-OH is 1. The van der Waals surface area contributed by atoms with E-state index in [1.54, 1.807) is 12.1 Å². The van der Waals surface area contributed by atoms with Crippen LogP contribution in [0.5, 0.6) is 11.5 Å². The van der Waals surface area contributed by atoms with E-state index >= 15 is 0 Å². The van der Waals surface area contributed by atoms with Crippen LogP contribution in [0.3, 0.4) is 0 Å². The molecular weight excluding hydrogens is 346 g/mol. The summed E-state index contributed by atoms with van der Waals surface area (Å²) in [6.07, 6.45) is -2.29. The van der Waals surface area contributed by atoms with E-state index in [1.807, 2.05) is 19.9 Å². The van der Waals surface area contributed by atoms with Gasteiger partial charge >= 0.3 is 5.97 Å². The molecule has 0 amide bonds. The summed E-state index contributed by atoms with van der Waals surface area (Å²) in [7, 11) is 0. The molecule has 2 aromatic rings. The number of nitrogens with zero attached hydrogens (tertiary/aromatic N) is 1. The van der Waals surface area contributed by atoms with Gasteiger partial charge in [0.1, 0.15) is 11.4 Å². The van der Waals surface area contributed by atoms with Crippen LogP contribution in [-0.4, -0.2) is 40.2 Å². The molecule has 1 heterocycles. The minimum Gasteiger partial charge on any atom is -0.490 e. The number of benzene rings is 1. The second-order valence-corrected chi connectivity index (χ2v) is 5.90. The number of aromatic nitrogens is 1. The van der Waals surface area contributed by atoms with Crippen LogP contribution in [0.1, 0.15) is 32.1 Å². The van der Waals surface area contributed by atoms with E-state index in [4.69, 9.17) is 14.6 Å². The molecule has 0 saturated heterocycles. The summed E-state index contributed by atoms with van der Waals surface area (Å²) in [6, 6.07) is 5.36. The van der Waals surface area contributed by atoms with Gasteiger partial charge in [0.2, 0.25) is 0 Å². The van der Waals surface area contributed by atoms with Crippen molar-refractivity contribution in [1.29, 1.82) is 0 Å². The fraction of sp³-hybridized carbons (Fsp3) is 0.353. The molecule has 8 heteroatoms. The lowest BCUT2D eigenvalue weighted by atomic mass is 10.1. The number of hydrogen-bond donors (Lipinski definition) is 2. The SMILES string of the molecule is CCOc1ccc(-c2nc(C(O)C(=O)CC(=O)O)cs2)cc1OCC. The van der Waals surface area contributed by atoms with Gasteiger partial charge in [-0.1, -0.05) is 0 Å². The van der Waals surface area contributed by atoms with Crippen LogP contribution in [0.15, 0.2) is 23.6 Å². The molecule has 0 saturated carbocycles. The molecule has 25 heavy (non-hydrogen) atoms. The molecule has 1 aromatic heterocycles. The minimum atomic E-state index is -1.55. The van der Waals surface area contributed by atoms with Crippen molar-refractivity contribution < 1.29 is 29.3 Å². The largest absolute Gasteiger partial charge is 0.490 e. The highest BCUT2D eigenvalue weighted by molar-refractivity contribution is 7.13. The highest BCUT2D eigenvalue weighted by Gasteiger charge is 2.23. The number of ketones is 1. The molecular formula is C17H19NO6S. The van der Waals surface area contributed by atoms with Gasteiger partial charge in [-0.15, -0.1) is 11.3 Å². The van der Waals surface area contributed by atoms with Crippen molar-refractivity contribution in [3.05, 3.63) is 29.3 Å². The lowest BCUT2D eigenvalue weighted by molar-refractivity contribution is -0.142. The molecule has 0 spiro atoms. The van der Waals surface area contributed by atoms with Gasteiger partial charge in [0, 0.05) is 10.9 Å². The van der Waals surface area contributed by atoms with E-state index < -0.39 is 24.3 Å². The van der Waals surface area contributed by atoms with Crippen molar-refractivity contribution in [2.24, 2.45) is 0 Å². The number of carboxylic acids is 1. The normalized spacial score (nSPS) is 11.8. The van der Waals surface area contributed by atoms with Crippen LogP contribution in [-0.2, 0) is 9.59 Å². The maximum atomic E-state index is 11.7. The van der Waals surface area contributed by atoms with Gasteiger partial charge in [0.25, 0.3) is 0 Å². The zero-order chi connectivity index (χ0) is 18.4. The summed E-state index contributed by atoms with van der Waals surface area (Å²) in [5.74, 6) is -0.874. The van der Waals surface area contributed by atoms with Crippen LogP contribution >= 0.6 is 11.3 Å². The van der Waals surface area contributed by atoms with E-state index in [2.05, 4.69) is 4.98 Å². The van der Waals surface area contributed by atoms with Gasteiger partial charge < -0.3 is 19.7 Å².